The summed E-state index contributed by atoms with van der Waals surface area (Å²) in [4.78, 5) is 15.7. The quantitative estimate of drug-likeness (QED) is 0.827. The normalized spacial score (nSPS) is 22.1. The lowest BCUT2D eigenvalue weighted by Crippen LogP contribution is -2.51. The number of amides is 1. The molecule has 1 unspecified atom stereocenters. The summed E-state index contributed by atoms with van der Waals surface area (Å²) in [7, 11) is 1.44. The molecule has 0 spiro atoms. The number of anilines is 2. The van der Waals surface area contributed by atoms with Gasteiger partial charge in [0.05, 0.1) is 18.5 Å². The standard InChI is InChI=1S/C14H18FN3O2/c1-20-13-7-12(11(16)6-10(13)15)17-4-5-18-9(8-17)2-3-14(18)19/h6-7,9H,2-5,8,16H2,1H3. The Morgan fingerprint density at radius 2 is 2.20 bits per heavy atom. The number of carbonyl (C=O) groups is 1. The van der Waals surface area contributed by atoms with E-state index in [0.717, 1.165) is 18.7 Å². The maximum atomic E-state index is 13.6. The second-order valence-corrected chi connectivity index (χ2v) is 5.27. The minimum atomic E-state index is -0.455. The number of hydrogen-bond donors (Lipinski definition) is 1. The Bertz CT molecular complexity index is 549. The Morgan fingerprint density at radius 1 is 1.40 bits per heavy atom. The second kappa shape index (κ2) is 4.85. The maximum absolute atomic E-state index is 13.6. The lowest BCUT2D eigenvalue weighted by atomic mass is 10.1. The molecule has 0 radical (unpaired) electrons. The fourth-order valence-corrected chi connectivity index (χ4v) is 3.07. The van der Waals surface area contributed by atoms with Crippen molar-refractivity contribution in [2.24, 2.45) is 0 Å². The van der Waals surface area contributed by atoms with Crippen LogP contribution in [0.3, 0.4) is 0 Å². The SMILES string of the molecule is COc1cc(N2CCN3C(=O)CCC3C2)c(N)cc1F. The smallest absolute Gasteiger partial charge is 0.223 e. The Balaban J connectivity index is 1.85. The highest BCUT2D eigenvalue weighted by atomic mass is 19.1. The van der Waals surface area contributed by atoms with Crippen LogP contribution in [0.2, 0.25) is 0 Å². The predicted octanol–water partition coefficient (Wildman–Crippen LogP) is 1.23. The highest BCUT2D eigenvalue weighted by Crippen LogP contribution is 2.33. The number of fused-ring (bicyclic) bond motifs is 1. The number of carbonyl (C=O) groups excluding carboxylic acids is 1. The van der Waals surface area contributed by atoms with Gasteiger partial charge in [-0.25, -0.2) is 4.39 Å². The van der Waals surface area contributed by atoms with Crippen LogP contribution in [-0.4, -0.2) is 43.6 Å². The van der Waals surface area contributed by atoms with E-state index in [4.69, 9.17) is 10.5 Å². The van der Waals surface area contributed by atoms with Crippen LogP contribution >= 0.6 is 0 Å². The zero-order valence-electron chi connectivity index (χ0n) is 11.4. The summed E-state index contributed by atoms with van der Waals surface area (Å²) >= 11 is 0. The van der Waals surface area contributed by atoms with Crippen molar-refractivity contribution in [3.8, 4) is 5.75 Å². The largest absolute Gasteiger partial charge is 0.494 e. The summed E-state index contributed by atoms with van der Waals surface area (Å²) in [5, 5.41) is 0. The number of rotatable bonds is 2. The van der Waals surface area contributed by atoms with Gasteiger partial charge >= 0.3 is 0 Å². The van der Waals surface area contributed by atoms with E-state index in [9.17, 15) is 9.18 Å². The Kier molecular flexibility index (Phi) is 3.16. The van der Waals surface area contributed by atoms with Crippen LogP contribution in [0.15, 0.2) is 12.1 Å². The summed E-state index contributed by atoms with van der Waals surface area (Å²) < 4.78 is 18.6. The van der Waals surface area contributed by atoms with Gasteiger partial charge in [0, 0.05) is 44.2 Å². The monoisotopic (exact) mass is 279 g/mol. The summed E-state index contributed by atoms with van der Waals surface area (Å²) in [6, 6.07) is 3.17. The molecule has 1 aromatic carbocycles. The first kappa shape index (κ1) is 13.0. The zero-order valence-corrected chi connectivity index (χ0v) is 11.4. The molecular formula is C14H18FN3O2. The van der Waals surface area contributed by atoms with Crippen LogP contribution in [0, 0.1) is 5.82 Å². The molecule has 6 heteroatoms. The third-order valence-corrected chi connectivity index (χ3v) is 4.14. The van der Waals surface area contributed by atoms with E-state index in [1.54, 1.807) is 6.07 Å². The van der Waals surface area contributed by atoms with Gasteiger partial charge in [-0.3, -0.25) is 4.79 Å². The van der Waals surface area contributed by atoms with Gasteiger partial charge in [-0.2, -0.15) is 0 Å². The van der Waals surface area contributed by atoms with Crippen LogP contribution in [0.5, 0.6) is 5.75 Å². The molecular weight excluding hydrogens is 261 g/mol. The number of nitrogens with zero attached hydrogens (tertiary/aromatic N) is 2. The van der Waals surface area contributed by atoms with Crippen molar-refractivity contribution in [3.05, 3.63) is 17.9 Å². The van der Waals surface area contributed by atoms with Crippen LogP contribution in [0.4, 0.5) is 15.8 Å². The van der Waals surface area contributed by atoms with E-state index in [2.05, 4.69) is 4.90 Å². The van der Waals surface area contributed by atoms with E-state index in [0.29, 0.717) is 25.2 Å². The van der Waals surface area contributed by atoms with Crippen molar-refractivity contribution in [2.45, 2.75) is 18.9 Å². The summed E-state index contributed by atoms with van der Waals surface area (Å²) in [5.74, 6) is -0.0260. The van der Waals surface area contributed by atoms with Gasteiger partial charge in [0.2, 0.25) is 5.91 Å². The number of benzene rings is 1. The van der Waals surface area contributed by atoms with Crippen LogP contribution in [0.25, 0.3) is 0 Å². The highest BCUT2D eigenvalue weighted by molar-refractivity contribution is 5.79. The lowest BCUT2D eigenvalue weighted by molar-refractivity contribution is -0.129. The first-order valence-corrected chi connectivity index (χ1v) is 6.77. The van der Waals surface area contributed by atoms with Gasteiger partial charge in [0.25, 0.3) is 0 Å². The molecule has 5 nitrogen and oxygen atoms in total. The van der Waals surface area contributed by atoms with E-state index < -0.39 is 5.82 Å². The summed E-state index contributed by atoms with van der Waals surface area (Å²) in [6.45, 7) is 2.15. The molecule has 2 fully saturated rings. The highest BCUT2D eigenvalue weighted by Gasteiger charge is 2.36. The second-order valence-electron chi connectivity index (χ2n) is 5.27. The molecule has 20 heavy (non-hydrogen) atoms. The average Bonchev–Trinajstić information content (AvgIpc) is 2.80. The molecule has 0 aromatic heterocycles. The number of nitrogen functional groups attached to an aromatic ring is 1. The van der Waals surface area contributed by atoms with E-state index in [1.807, 2.05) is 4.90 Å². The molecule has 2 aliphatic heterocycles. The zero-order chi connectivity index (χ0) is 14.3. The van der Waals surface area contributed by atoms with E-state index in [1.165, 1.54) is 13.2 Å². The van der Waals surface area contributed by atoms with Crippen molar-refractivity contribution in [3.63, 3.8) is 0 Å². The number of piperazine rings is 1. The molecule has 1 atom stereocenters. The molecule has 1 amide bonds. The molecule has 2 saturated heterocycles. The van der Waals surface area contributed by atoms with Crippen molar-refractivity contribution >= 4 is 17.3 Å². The Hall–Kier alpha value is -1.98. The average molecular weight is 279 g/mol. The van der Waals surface area contributed by atoms with Crippen molar-refractivity contribution in [1.82, 2.24) is 4.90 Å². The van der Waals surface area contributed by atoms with Crippen LogP contribution < -0.4 is 15.4 Å². The third kappa shape index (κ3) is 2.05. The van der Waals surface area contributed by atoms with Gasteiger partial charge in [-0.15, -0.1) is 0 Å². The molecule has 3 rings (SSSR count). The van der Waals surface area contributed by atoms with E-state index in [-0.39, 0.29) is 17.7 Å². The van der Waals surface area contributed by atoms with Crippen LogP contribution in [0.1, 0.15) is 12.8 Å². The lowest BCUT2D eigenvalue weighted by Gasteiger charge is -2.39. The number of nitrogens with two attached hydrogens (primary N) is 1. The molecule has 108 valence electrons. The number of methoxy groups -OCH3 is 1. The fraction of sp³-hybridized carbons (Fsp3) is 0.500. The first-order chi connectivity index (χ1) is 9.60. The Labute approximate surface area is 117 Å². The van der Waals surface area contributed by atoms with Crippen molar-refractivity contribution in [1.29, 1.82) is 0 Å². The molecule has 2 N–H and O–H groups in total. The van der Waals surface area contributed by atoms with Crippen molar-refractivity contribution in [2.75, 3.05) is 37.4 Å². The molecule has 2 aliphatic rings. The molecule has 2 heterocycles. The first-order valence-electron chi connectivity index (χ1n) is 6.77. The van der Waals surface area contributed by atoms with Gasteiger partial charge in [-0.05, 0) is 6.42 Å². The number of hydrogen-bond acceptors (Lipinski definition) is 4. The van der Waals surface area contributed by atoms with Crippen molar-refractivity contribution < 1.29 is 13.9 Å². The molecule has 0 saturated carbocycles. The minimum absolute atomic E-state index is 0.194. The van der Waals surface area contributed by atoms with Gasteiger partial charge in [-0.1, -0.05) is 0 Å². The molecule has 1 aromatic rings. The summed E-state index contributed by atoms with van der Waals surface area (Å²) in [5.41, 5.74) is 7.11. The maximum Gasteiger partial charge on any atom is 0.223 e. The van der Waals surface area contributed by atoms with Crippen LogP contribution in [-0.2, 0) is 4.79 Å². The number of halogens is 1. The van der Waals surface area contributed by atoms with E-state index >= 15 is 0 Å². The number of ether oxygens (including phenoxy) is 1. The molecule has 0 aliphatic carbocycles. The predicted molar refractivity (Wildman–Crippen MR) is 74.3 cm³/mol. The summed E-state index contributed by atoms with van der Waals surface area (Å²) in [6.07, 6.45) is 1.51. The minimum Gasteiger partial charge on any atom is -0.494 e. The van der Waals surface area contributed by atoms with Gasteiger partial charge in [0.1, 0.15) is 0 Å². The third-order valence-electron chi connectivity index (χ3n) is 4.14. The molecule has 0 bridgehead atoms. The fourth-order valence-electron chi connectivity index (χ4n) is 3.07. The van der Waals surface area contributed by atoms with Gasteiger partial charge in [0.15, 0.2) is 11.6 Å². The van der Waals surface area contributed by atoms with Gasteiger partial charge < -0.3 is 20.3 Å². The topological polar surface area (TPSA) is 58.8 Å². The Morgan fingerprint density at radius 3 is 2.95 bits per heavy atom.